The zero-order chi connectivity index (χ0) is 17.7. The average molecular weight is 332 g/mol. The molecule has 1 aliphatic carbocycles. The molecule has 1 N–H and O–H groups in total. The van der Waals surface area contributed by atoms with Crippen molar-refractivity contribution in [1.82, 2.24) is 20.1 Å². The number of likely N-dealkylation sites (N-methyl/N-ethyl adjacent to an activating group) is 2. The minimum atomic E-state index is 0.00304. The molecule has 24 heavy (non-hydrogen) atoms. The Kier molecular flexibility index (Phi) is 6.21. The fourth-order valence-corrected chi connectivity index (χ4v) is 3.53. The highest BCUT2D eigenvalue weighted by atomic mass is 16.2. The fraction of sp³-hybridized carbons (Fsp3) is 0.684. The second kappa shape index (κ2) is 7.97. The highest BCUT2D eigenvalue weighted by molar-refractivity contribution is 5.74. The van der Waals surface area contributed by atoms with Gasteiger partial charge in [0.2, 0.25) is 0 Å². The van der Waals surface area contributed by atoms with Crippen molar-refractivity contribution in [2.24, 2.45) is 0 Å². The maximum absolute atomic E-state index is 12.5. The van der Waals surface area contributed by atoms with Gasteiger partial charge in [0, 0.05) is 43.5 Å². The number of carbonyl (C=O) groups excluding carboxylic acids is 1. The molecule has 134 valence electrons. The van der Waals surface area contributed by atoms with E-state index in [9.17, 15) is 4.79 Å². The van der Waals surface area contributed by atoms with Crippen LogP contribution in [0.2, 0.25) is 0 Å². The first-order chi connectivity index (χ1) is 11.3. The van der Waals surface area contributed by atoms with E-state index in [0.29, 0.717) is 0 Å². The van der Waals surface area contributed by atoms with Crippen molar-refractivity contribution in [1.29, 1.82) is 0 Å². The Morgan fingerprint density at radius 2 is 2.00 bits per heavy atom. The molecule has 1 aromatic rings. The molecule has 0 unspecified atom stereocenters. The van der Waals surface area contributed by atoms with Crippen molar-refractivity contribution in [3.05, 3.63) is 29.6 Å². The van der Waals surface area contributed by atoms with Crippen LogP contribution in [0.25, 0.3) is 0 Å². The Bertz CT molecular complexity index is 552. The summed E-state index contributed by atoms with van der Waals surface area (Å²) in [7, 11) is 6.10. The first kappa shape index (κ1) is 18.7. The van der Waals surface area contributed by atoms with E-state index in [-0.39, 0.29) is 17.6 Å². The number of aromatic nitrogens is 1. The normalized spacial score (nSPS) is 17.8. The summed E-state index contributed by atoms with van der Waals surface area (Å²) in [6.45, 7) is 4.86. The Hall–Kier alpha value is -1.62. The van der Waals surface area contributed by atoms with Gasteiger partial charge in [0.05, 0.1) is 0 Å². The summed E-state index contributed by atoms with van der Waals surface area (Å²) in [6, 6.07) is 4.19. The molecule has 0 saturated heterocycles. The first-order valence-corrected chi connectivity index (χ1v) is 8.94. The molecule has 1 atom stereocenters. The predicted octanol–water partition coefficient (Wildman–Crippen LogP) is 2.84. The Balaban J connectivity index is 1.89. The summed E-state index contributed by atoms with van der Waals surface area (Å²) in [5.74, 6) is 0. The summed E-state index contributed by atoms with van der Waals surface area (Å²) < 4.78 is 0. The van der Waals surface area contributed by atoms with Gasteiger partial charge in [-0.05, 0) is 58.5 Å². The van der Waals surface area contributed by atoms with Crippen LogP contribution in [0.3, 0.4) is 0 Å². The third-order valence-corrected chi connectivity index (χ3v) is 5.51. The molecule has 1 aromatic heterocycles. The lowest BCUT2D eigenvalue weighted by atomic mass is 9.96. The van der Waals surface area contributed by atoms with Gasteiger partial charge in [0.25, 0.3) is 0 Å². The summed E-state index contributed by atoms with van der Waals surface area (Å²) in [4.78, 5) is 21.0. The number of amides is 2. The van der Waals surface area contributed by atoms with E-state index in [4.69, 9.17) is 0 Å². The number of rotatable bonds is 6. The number of pyridine rings is 1. The van der Waals surface area contributed by atoms with E-state index in [0.717, 1.165) is 31.5 Å². The minimum absolute atomic E-state index is 0.00304. The summed E-state index contributed by atoms with van der Waals surface area (Å²) in [5, 5.41) is 3.15. The molecule has 1 heterocycles. The van der Waals surface area contributed by atoms with E-state index < -0.39 is 0 Å². The lowest BCUT2D eigenvalue weighted by Crippen LogP contribution is -2.53. The quantitative estimate of drug-likeness (QED) is 0.871. The zero-order valence-corrected chi connectivity index (χ0v) is 15.8. The smallest absolute Gasteiger partial charge is 0.317 e. The monoisotopic (exact) mass is 332 g/mol. The summed E-state index contributed by atoms with van der Waals surface area (Å²) in [5.41, 5.74) is 2.36. The predicted molar refractivity (Wildman–Crippen MR) is 98.2 cm³/mol. The Labute approximate surface area is 146 Å². The van der Waals surface area contributed by atoms with Crippen LogP contribution in [-0.2, 0) is 6.42 Å². The molecule has 5 heteroatoms. The van der Waals surface area contributed by atoms with Gasteiger partial charge in [-0.25, -0.2) is 4.79 Å². The number of nitrogens with one attached hydrogen (secondary N) is 1. The number of hydrogen-bond donors (Lipinski definition) is 1. The van der Waals surface area contributed by atoms with E-state index >= 15 is 0 Å². The third-order valence-electron chi connectivity index (χ3n) is 5.51. The van der Waals surface area contributed by atoms with Gasteiger partial charge >= 0.3 is 6.03 Å². The molecule has 2 rings (SSSR count). The van der Waals surface area contributed by atoms with Crippen LogP contribution < -0.4 is 5.32 Å². The average Bonchev–Trinajstić information content (AvgIpc) is 3.02. The molecule has 0 bridgehead atoms. The lowest BCUT2D eigenvalue weighted by Gasteiger charge is -2.37. The van der Waals surface area contributed by atoms with Crippen LogP contribution in [0, 0.1) is 6.92 Å². The van der Waals surface area contributed by atoms with Crippen molar-refractivity contribution >= 4 is 6.03 Å². The van der Waals surface area contributed by atoms with Gasteiger partial charge in [0.15, 0.2) is 0 Å². The molecular formula is C19H32N4O. The fourth-order valence-electron chi connectivity index (χ4n) is 3.53. The topological polar surface area (TPSA) is 48.5 Å². The van der Waals surface area contributed by atoms with Crippen LogP contribution in [0.1, 0.15) is 43.9 Å². The van der Waals surface area contributed by atoms with Crippen molar-refractivity contribution in [2.75, 3.05) is 27.7 Å². The molecule has 0 spiro atoms. The van der Waals surface area contributed by atoms with Crippen molar-refractivity contribution in [3.63, 3.8) is 0 Å². The standard InChI is InChI=1S/C19H32N4O/c1-15-8-11-20-17(12-15)13-16(2)23(5)18(24)21-14-19(22(3)4)9-6-7-10-19/h8,11-12,16H,6-7,9-10,13-14H2,1-5H3,(H,21,24)/t16-/m0/s1. The van der Waals surface area contributed by atoms with Gasteiger partial charge in [-0.15, -0.1) is 0 Å². The van der Waals surface area contributed by atoms with Crippen molar-refractivity contribution in [3.8, 4) is 0 Å². The number of hydrogen-bond acceptors (Lipinski definition) is 3. The first-order valence-electron chi connectivity index (χ1n) is 8.94. The van der Waals surface area contributed by atoms with Gasteiger partial charge in [-0.2, -0.15) is 0 Å². The van der Waals surface area contributed by atoms with Gasteiger partial charge in [-0.1, -0.05) is 12.8 Å². The zero-order valence-electron chi connectivity index (χ0n) is 15.8. The summed E-state index contributed by atoms with van der Waals surface area (Å²) >= 11 is 0. The second-order valence-corrected chi connectivity index (χ2v) is 7.47. The van der Waals surface area contributed by atoms with E-state index in [1.165, 1.54) is 18.4 Å². The molecule has 1 fully saturated rings. The highest BCUT2D eigenvalue weighted by Gasteiger charge is 2.36. The summed E-state index contributed by atoms with van der Waals surface area (Å²) in [6.07, 6.45) is 7.42. The molecule has 0 aromatic carbocycles. The molecule has 5 nitrogen and oxygen atoms in total. The molecule has 1 saturated carbocycles. The number of aryl methyl sites for hydroxylation is 1. The molecule has 0 aliphatic heterocycles. The minimum Gasteiger partial charge on any atom is -0.336 e. The number of carbonyl (C=O) groups is 1. The van der Waals surface area contributed by atoms with Crippen LogP contribution in [0.15, 0.2) is 18.3 Å². The largest absolute Gasteiger partial charge is 0.336 e. The molecular weight excluding hydrogens is 300 g/mol. The Morgan fingerprint density at radius 1 is 1.33 bits per heavy atom. The third kappa shape index (κ3) is 4.47. The van der Waals surface area contributed by atoms with Crippen LogP contribution in [0.5, 0.6) is 0 Å². The van der Waals surface area contributed by atoms with Gasteiger partial charge in [0.1, 0.15) is 0 Å². The second-order valence-electron chi connectivity index (χ2n) is 7.47. The number of nitrogens with zero attached hydrogens (tertiary/aromatic N) is 3. The maximum atomic E-state index is 12.5. The molecule has 1 aliphatic rings. The molecule has 0 radical (unpaired) electrons. The van der Waals surface area contributed by atoms with E-state index in [1.54, 1.807) is 4.90 Å². The van der Waals surface area contributed by atoms with E-state index in [1.807, 2.05) is 19.3 Å². The van der Waals surface area contributed by atoms with Gasteiger partial charge in [-0.3, -0.25) is 4.98 Å². The van der Waals surface area contributed by atoms with Crippen LogP contribution >= 0.6 is 0 Å². The Morgan fingerprint density at radius 3 is 2.58 bits per heavy atom. The van der Waals surface area contributed by atoms with Gasteiger partial charge < -0.3 is 15.1 Å². The maximum Gasteiger partial charge on any atom is 0.317 e. The SMILES string of the molecule is Cc1ccnc(C[C@H](C)N(C)C(=O)NCC2(N(C)C)CCCC2)c1. The van der Waals surface area contributed by atoms with E-state index in [2.05, 4.69) is 49.2 Å². The lowest BCUT2D eigenvalue weighted by molar-refractivity contribution is 0.145. The highest BCUT2D eigenvalue weighted by Crippen LogP contribution is 2.33. The van der Waals surface area contributed by atoms with Crippen LogP contribution in [-0.4, -0.2) is 60.1 Å². The van der Waals surface area contributed by atoms with Crippen LogP contribution in [0.4, 0.5) is 4.79 Å². The van der Waals surface area contributed by atoms with Crippen molar-refractivity contribution < 1.29 is 4.79 Å². The molecule has 2 amide bonds. The number of urea groups is 1. The van der Waals surface area contributed by atoms with Crippen molar-refractivity contribution in [2.45, 2.75) is 57.5 Å².